The fourth-order valence-electron chi connectivity index (χ4n) is 2.37. The molecule has 0 fully saturated rings. The zero-order valence-electron chi connectivity index (χ0n) is 12.5. The lowest BCUT2D eigenvalue weighted by atomic mass is 9.97. The van der Waals surface area contributed by atoms with E-state index in [4.69, 9.17) is 0 Å². The lowest BCUT2D eigenvalue weighted by Gasteiger charge is -2.20. The van der Waals surface area contributed by atoms with Crippen LogP contribution in [0.4, 0.5) is 0 Å². The first-order valence-electron chi connectivity index (χ1n) is 7.34. The Labute approximate surface area is 144 Å². The van der Waals surface area contributed by atoms with Crippen LogP contribution < -0.4 is 5.32 Å². The highest BCUT2D eigenvalue weighted by Crippen LogP contribution is 2.24. The fourth-order valence-corrected chi connectivity index (χ4v) is 2.88. The van der Waals surface area contributed by atoms with Gasteiger partial charge in [-0.25, -0.2) is 0 Å². The number of nitrogens with one attached hydrogen (secondary N) is 1. The average Bonchev–Trinajstić information content (AvgIpc) is 2.48. The summed E-state index contributed by atoms with van der Waals surface area (Å²) in [5.41, 5.74) is 3.99. The van der Waals surface area contributed by atoms with Crippen LogP contribution in [0.15, 0.2) is 51.4 Å². The van der Waals surface area contributed by atoms with Gasteiger partial charge in [-0.05, 0) is 61.2 Å². The van der Waals surface area contributed by atoms with Crippen molar-refractivity contribution < 1.29 is 0 Å². The van der Waals surface area contributed by atoms with Gasteiger partial charge in [-0.2, -0.15) is 0 Å². The summed E-state index contributed by atoms with van der Waals surface area (Å²) in [4.78, 5) is 0. The van der Waals surface area contributed by atoms with E-state index in [1.165, 1.54) is 21.2 Å². The maximum absolute atomic E-state index is 3.67. The Bertz CT molecular complexity index is 578. The van der Waals surface area contributed by atoms with Crippen LogP contribution in [0.5, 0.6) is 0 Å². The molecule has 1 unspecified atom stereocenters. The number of hydrogen-bond donors (Lipinski definition) is 1. The summed E-state index contributed by atoms with van der Waals surface area (Å²) in [6.07, 6.45) is 2.15. The molecule has 0 aliphatic heterocycles. The second-order valence-electron chi connectivity index (χ2n) is 5.35. The van der Waals surface area contributed by atoms with E-state index < -0.39 is 0 Å². The zero-order valence-corrected chi connectivity index (χ0v) is 15.7. The smallest absolute Gasteiger partial charge is 0.0360 e. The van der Waals surface area contributed by atoms with Crippen LogP contribution in [-0.2, 0) is 6.42 Å². The van der Waals surface area contributed by atoms with Crippen LogP contribution in [0.25, 0.3) is 0 Å². The minimum absolute atomic E-state index is 0.359. The van der Waals surface area contributed by atoms with E-state index in [1.807, 2.05) is 0 Å². The Kier molecular flexibility index (Phi) is 6.46. The number of hydrogen-bond acceptors (Lipinski definition) is 1. The topological polar surface area (TPSA) is 12.0 Å². The third-order valence-electron chi connectivity index (χ3n) is 3.58. The molecule has 0 heterocycles. The highest BCUT2D eigenvalue weighted by atomic mass is 79.9. The Morgan fingerprint density at radius 3 is 2.38 bits per heavy atom. The molecule has 0 bridgehead atoms. The molecule has 2 rings (SSSR count). The van der Waals surface area contributed by atoms with E-state index in [-0.39, 0.29) is 0 Å². The van der Waals surface area contributed by atoms with Gasteiger partial charge in [0.25, 0.3) is 0 Å². The summed E-state index contributed by atoms with van der Waals surface area (Å²) in [7, 11) is 0. The Balaban J connectivity index is 2.20. The molecule has 2 aromatic rings. The van der Waals surface area contributed by atoms with Crippen LogP contribution in [0, 0.1) is 6.92 Å². The molecule has 21 heavy (non-hydrogen) atoms. The highest BCUT2D eigenvalue weighted by Gasteiger charge is 2.12. The van der Waals surface area contributed by atoms with Gasteiger partial charge in [-0.3, -0.25) is 0 Å². The van der Waals surface area contributed by atoms with Crippen molar-refractivity contribution in [2.24, 2.45) is 0 Å². The second-order valence-corrected chi connectivity index (χ2v) is 7.12. The normalized spacial score (nSPS) is 12.4. The highest BCUT2D eigenvalue weighted by molar-refractivity contribution is 9.10. The van der Waals surface area contributed by atoms with Gasteiger partial charge in [0.05, 0.1) is 0 Å². The zero-order chi connectivity index (χ0) is 15.2. The first kappa shape index (κ1) is 16.7. The van der Waals surface area contributed by atoms with Crippen molar-refractivity contribution >= 4 is 31.9 Å². The molecule has 0 aromatic heterocycles. The van der Waals surface area contributed by atoms with Gasteiger partial charge in [0.2, 0.25) is 0 Å². The third kappa shape index (κ3) is 4.94. The molecule has 1 nitrogen and oxygen atoms in total. The average molecular weight is 411 g/mol. The number of aryl methyl sites for hydroxylation is 1. The second kappa shape index (κ2) is 8.11. The summed E-state index contributed by atoms with van der Waals surface area (Å²) < 4.78 is 2.30. The summed E-state index contributed by atoms with van der Waals surface area (Å²) in [5, 5.41) is 3.67. The molecule has 0 aliphatic rings. The van der Waals surface area contributed by atoms with Crippen LogP contribution in [0.2, 0.25) is 0 Å². The first-order chi connectivity index (χ1) is 10.1. The van der Waals surface area contributed by atoms with Crippen molar-refractivity contribution in [3.8, 4) is 0 Å². The molecule has 0 saturated heterocycles. The monoisotopic (exact) mass is 409 g/mol. The molecule has 3 heteroatoms. The van der Waals surface area contributed by atoms with Gasteiger partial charge >= 0.3 is 0 Å². The Hall–Kier alpha value is -0.640. The molecule has 1 N–H and O–H groups in total. The van der Waals surface area contributed by atoms with Gasteiger partial charge in [-0.1, -0.05) is 63.0 Å². The van der Waals surface area contributed by atoms with Gasteiger partial charge in [0.15, 0.2) is 0 Å². The Morgan fingerprint density at radius 2 is 1.76 bits per heavy atom. The van der Waals surface area contributed by atoms with Crippen molar-refractivity contribution in [1.82, 2.24) is 5.32 Å². The van der Waals surface area contributed by atoms with E-state index in [9.17, 15) is 0 Å². The lowest BCUT2D eigenvalue weighted by Crippen LogP contribution is -2.24. The fraction of sp³-hybridized carbons (Fsp3) is 0.333. The van der Waals surface area contributed by atoms with Crippen molar-refractivity contribution in [2.75, 3.05) is 6.54 Å². The molecule has 0 aliphatic carbocycles. The van der Waals surface area contributed by atoms with Crippen LogP contribution in [0.1, 0.15) is 36.1 Å². The molecule has 0 amide bonds. The summed E-state index contributed by atoms with van der Waals surface area (Å²) in [6, 6.07) is 15.6. The van der Waals surface area contributed by atoms with E-state index >= 15 is 0 Å². The number of rotatable bonds is 6. The van der Waals surface area contributed by atoms with Crippen LogP contribution >= 0.6 is 31.9 Å². The van der Waals surface area contributed by atoms with Crippen molar-refractivity contribution in [3.05, 3.63) is 68.1 Å². The first-order valence-corrected chi connectivity index (χ1v) is 8.92. The van der Waals surface area contributed by atoms with E-state index in [1.54, 1.807) is 0 Å². The summed E-state index contributed by atoms with van der Waals surface area (Å²) in [6.45, 7) is 5.39. The third-order valence-corrected chi connectivity index (χ3v) is 5.00. The molecule has 112 valence electrons. The van der Waals surface area contributed by atoms with Gasteiger partial charge in [-0.15, -0.1) is 0 Å². The lowest BCUT2D eigenvalue weighted by molar-refractivity contribution is 0.529. The number of benzene rings is 2. The Morgan fingerprint density at radius 1 is 1.05 bits per heavy atom. The predicted octanol–water partition coefficient (Wildman–Crippen LogP) is 5.80. The van der Waals surface area contributed by atoms with E-state index in [2.05, 4.69) is 93.5 Å². The van der Waals surface area contributed by atoms with Crippen molar-refractivity contribution in [2.45, 2.75) is 32.7 Å². The quantitative estimate of drug-likeness (QED) is 0.634. The molecule has 0 saturated carbocycles. The van der Waals surface area contributed by atoms with E-state index in [0.29, 0.717) is 6.04 Å². The molecular formula is C18H21Br2N. The maximum Gasteiger partial charge on any atom is 0.0360 e. The van der Waals surface area contributed by atoms with Gasteiger partial charge < -0.3 is 5.32 Å². The maximum atomic E-state index is 3.67. The predicted molar refractivity (Wildman–Crippen MR) is 97.8 cm³/mol. The number of halogens is 2. The van der Waals surface area contributed by atoms with E-state index in [0.717, 1.165) is 23.9 Å². The molecule has 2 aromatic carbocycles. The SMILES string of the molecule is CCCNC(Cc1ccc(Br)cc1)c1ccc(Br)c(C)c1. The summed E-state index contributed by atoms with van der Waals surface area (Å²) >= 11 is 7.08. The molecule has 0 spiro atoms. The van der Waals surface area contributed by atoms with Crippen LogP contribution in [0.3, 0.4) is 0 Å². The largest absolute Gasteiger partial charge is 0.310 e. The summed E-state index contributed by atoms with van der Waals surface area (Å²) in [5.74, 6) is 0. The minimum atomic E-state index is 0.359. The van der Waals surface area contributed by atoms with Crippen molar-refractivity contribution in [3.63, 3.8) is 0 Å². The standard InChI is InChI=1S/C18H21Br2N/c1-3-10-21-18(12-14-4-7-16(19)8-5-14)15-6-9-17(20)13(2)11-15/h4-9,11,18,21H,3,10,12H2,1-2H3. The molecular weight excluding hydrogens is 390 g/mol. The van der Waals surface area contributed by atoms with Gasteiger partial charge in [0, 0.05) is 15.0 Å². The molecule has 1 atom stereocenters. The van der Waals surface area contributed by atoms with Crippen molar-refractivity contribution in [1.29, 1.82) is 0 Å². The van der Waals surface area contributed by atoms with Crippen LogP contribution in [-0.4, -0.2) is 6.54 Å². The van der Waals surface area contributed by atoms with Gasteiger partial charge in [0.1, 0.15) is 0 Å². The molecule has 0 radical (unpaired) electrons. The minimum Gasteiger partial charge on any atom is -0.310 e.